The molecule has 3 heterocycles. The van der Waals surface area contributed by atoms with Crippen molar-refractivity contribution in [3.63, 3.8) is 0 Å². The average molecular weight is 225 g/mol. The Kier molecular flexibility index (Phi) is 2.04. The lowest BCUT2D eigenvalue weighted by atomic mass is 10.3. The van der Waals surface area contributed by atoms with Crippen LogP contribution >= 0.6 is 0 Å². The SMILES string of the molecule is Cc1ccnc2nc(-c3cccc(N)n3)[nH]c12. The lowest BCUT2D eigenvalue weighted by Gasteiger charge is -1.96. The molecular weight excluding hydrogens is 214 g/mol. The maximum Gasteiger partial charge on any atom is 0.178 e. The molecule has 0 aromatic carbocycles. The lowest BCUT2D eigenvalue weighted by Crippen LogP contribution is -1.92. The molecule has 0 fully saturated rings. The minimum atomic E-state index is 0.479. The Labute approximate surface area is 97.7 Å². The molecule has 0 aliphatic heterocycles. The maximum absolute atomic E-state index is 5.65. The number of H-pyrrole nitrogens is 1. The summed E-state index contributed by atoms with van der Waals surface area (Å²) in [5, 5.41) is 0. The van der Waals surface area contributed by atoms with Crippen LogP contribution in [-0.4, -0.2) is 19.9 Å². The zero-order valence-electron chi connectivity index (χ0n) is 9.31. The minimum absolute atomic E-state index is 0.479. The fraction of sp³-hybridized carbons (Fsp3) is 0.0833. The molecule has 3 aromatic heterocycles. The molecule has 84 valence electrons. The predicted molar refractivity (Wildman–Crippen MR) is 66.3 cm³/mol. The molecule has 0 atom stereocenters. The molecule has 17 heavy (non-hydrogen) atoms. The molecule has 0 saturated heterocycles. The number of nitrogens with zero attached hydrogens (tertiary/aromatic N) is 3. The van der Waals surface area contributed by atoms with Gasteiger partial charge in [-0.05, 0) is 30.7 Å². The lowest BCUT2D eigenvalue weighted by molar-refractivity contribution is 1.23. The van der Waals surface area contributed by atoms with Crippen molar-refractivity contribution in [1.82, 2.24) is 19.9 Å². The number of hydrogen-bond donors (Lipinski definition) is 2. The second-order valence-electron chi connectivity index (χ2n) is 3.86. The van der Waals surface area contributed by atoms with Crippen molar-refractivity contribution in [2.24, 2.45) is 0 Å². The Balaban J connectivity index is 2.22. The number of pyridine rings is 2. The highest BCUT2D eigenvalue weighted by molar-refractivity contribution is 5.78. The van der Waals surface area contributed by atoms with E-state index in [2.05, 4.69) is 19.9 Å². The number of aromatic nitrogens is 4. The molecule has 5 nitrogen and oxygen atoms in total. The first-order valence-electron chi connectivity index (χ1n) is 5.28. The number of imidazole rings is 1. The van der Waals surface area contributed by atoms with Crippen molar-refractivity contribution in [2.75, 3.05) is 5.73 Å². The minimum Gasteiger partial charge on any atom is -0.384 e. The van der Waals surface area contributed by atoms with Gasteiger partial charge in [-0.2, -0.15) is 0 Å². The molecular formula is C12H11N5. The van der Waals surface area contributed by atoms with Crippen molar-refractivity contribution in [3.8, 4) is 11.5 Å². The topological polar surface area (TPSA) is 80.5 Å². The summed E-state index contributed by atoms with van der Waals surface area (Å²) in [7, 11) is 0. The second-order valence-corrected chi connectivity index (χ2v) is 3.86. The van der Waals surface area contributed by atoms with Gasteiger partial charge in [0.05, 0.1) is 5.52 Å². The molecule has 0 unspecified atom stereocenters. The molecule has 3 N–H and O–H groups in total. The zero-order valence-corrected chi connectivity index (χ0v) is 9.31. The molecule has 0 aliphatic carbocycles. The van der Waals surface area contributed by atoms with Crippen LogP contribution < -0.4 is 5.73 Å². The smallest absolute Gasteiger partial charge is 0.178 e. The van der Waals surface area contributed by atoms with Crippen molar-refractivity contribution in [2.45, 2.75) is 6.92 Å². The zero-order chi connectivity index (χ0) is 11.8. The normalized spacial score (nSPS) is 10.9. The van der Waals surface area contributed by atoms with Crippen LogP contribution in [0.25, 0.3) is 22.7 Å². The van der Waals surface area contributed by atoms with E-state index in [9.17, 15) is 0 Å². The molecule has 3 rings (SSSR count). The number of aryl methyl sites for hydroxylation is 1. The van der Waals surface area contributed by atoms with Gasteiger partial charge in [-0.1, -0.05) is 6.07 Å². The largest absolute Gasteiger partial charge is 0.384 e. The first kappa shape index (κ1) is 9.77. The van der Waals surface area contributed by atoms with Gasteiger partial charge in [-0.15, -0.1) is 0 Å². The molecule has 5 heteroatoms. The van der Waals surface area contributed by atoms with Crippen LogP contribution in [0.15, 0.2) is 30.5 Å². The molecule has 0 bridgehead atoms. The standard InChI is InChI=1S/C12H11N5/c1-7-5-6-14-12-10(7)16-11(17-12)8-3-2-4-9(13)15-8/h2-6H,1H3,(H2,13,15)(H,14,16,17). The van der Waals surface area contributed by atoms with E-state index < -0.39 is 0 Å². The van der Waals surface area contributed by atoms with Crippen molar-refractivity contribution in [1.29, 1.82) is 0 Å². The van der Waals surface area contributed by atoms with Gasteiger partial charge < -0.3 is 10.7 Å². The predicted octanol–water partition coefficient (Wildman–Crippen LogP) is 1.91. The van der Waals surface area contributed by atoms with Gasteiger partial charge in [0.2, 0.25) is 0 Å². The van der Waals surface area contributed by atoms with Gasteiger partial charge in [0.25, 0.3) is 0 Å². The third kappa shape index (κ3) is 1.61. The molecule has 0 saturated carbocycles. The summed E-state index contributed by atoms with van der Waals surface area (Å²) < 4.78 is 0. The number of rotatable bonds is 1. The van der Waals surface area contributed by atoms with Crippen LogP contribution in [0.1, 0.15) is 5.56 Å². The first-order chi connectivity index (χ1) is 8.24. The van der Waals surface area contributed by atoms with Crippen LogP contribution in [-0.2, 0) is 0 Å². The van der Waals surface area contributed by atoms with Crippen LogP contribution in [0.4, 0.5) is 5.82 Å². The van der Waals surface area contributed by atoms with Gasteiger partial charge in [-0.25, -0.2) is 15.0 Å². The molecule has 3 aromatic rings. The number of nitrogens with one attached hydrogen (secondary N) is 1. The number of nitrogen functional groups attached to an aromatic ring is 1. The fourth-order valence-corrected chi connectivity index (χ4v) is 1.74. The van der Waals surface area contributed by atoms with Crippen molar-refractivity contribution >= 4 is 17.0 Å². The highest BCUT2D eigenvalue weighted by Crippen LogP contribution is 2.20. The molecule has 0 aliphatic rings. The van der Waals surface area contributed by atoms with E-state index in [0.717, 1.165) is 16.8 Å². The number of fused-ring (bicyclic) bond motifs is 1. The molecule has 0 amide bonds. The van der Waals surface area contributed by atoms with E-state index in [1.165, 1.54) is 0 Å². The quantitative estimate of drug-likeness (QED) is 0.663. The van der Waals surface area contributed by atoms with Crippen LogP contribution in [0.3, 0.4) is 0 Å². The van der Waals surface area contributed by atoms with E-state index in [1.54, 1.807) is 12.3 Å². The van der Waals surface area contributed by atoms with Crippen molar-refractivity contribution in [3.05, 3.63) is 36.0 Å². The van der Waals surface area contributed by atoms with Gasteiger partial charge in [0.1, 0.15) is 11.5 Å². The highest BCUT2D eigenvalue weighted by Gasteiger charge is 2.08. The van der Waals surface area contributed by atoms with Crippen LogP contribution in [0.5, 0.6) is 0 Å². The van der Waals surface area contributed by atoms with Gasteiger partial charge in [-0.3, -0.25) is 0 Å². The van der Waals surface area contributed by atoms with Crippen LogP contribution in [0.2, 0.25) is 0 Å². The van der Waals surface area contributed by atoms with E-state index in [0.29, 0.717) is 17.3 Å². The van der Waals surface area contributed by atoms with E-state index in [1.807, 2.05) is 25.1 Å². The summed E-state index contributed by atoms with van der Waals surface area (Å²) in [6.45, 7) is 2.01. The maximum atomic E-state index is 5.65. The number of aromatic amines is 1. The summed E-state index contributed by atoms with van der Waals surface area (Å²) in [5.41, 5.74) is 9.12. The molecule has 0 radical (unpaired) electrons. The second kappa shape index (κ2) is 3.55. The third-order valence-corrected chi connectivity index (χ3v) is 2.61. The van der Waals surface area contributed by atoms with Crippen LogP contribution in [0, 0.1) is 6.92 Å². The fourth-order valence-electron chi connectivity index (χ4n) is 1.74. The Morgan fingerprint density at radius 1 is 1.18 bits per heavy atom. The number of nitrogens with two attached hydrogens (primary N) is 1. The van der Waals surface area contributed by atoms with E-state index in [-0.39, 0.29) is 0 Å². The van der Waals surface area contributed by atoms with Gasteiger partial charge in [0.15, 0.2) is 11.5 Å². The number of hydrogen-bond acceptors (Lipinski definition) is 4. The Morgan fingerprint density at radius 2 is 2.06 bits per heavy atom. The average Bonchev–Trinajstić information content (AvgIpc) is 2.74. The first-order valence-corrected chi connectivity index (χ1v) is 5.28. The van der Waals surface area contributed by atoms with Gasteiger partial charge >= 0.3 is 0 Å². The number of anilines is 1. The Bertz CT molecular complexity index is 686. The van der Waals surface area contributed by atoms with E-state index >= 15 is 0 Å². The third-order valence-electron chi connectivity index (χ3n) is 2.61. The Morgan fingerprint density at radius 3 is 2.82 bits per heavy atom. The monoisotopic (exact) mass is 225 g/mol. The summed E-state index contributed by atoms with van der Waals surface area (Å²) in [5.74, 6) is 1.17. The van der Waals surface area contributed by atoms with Gasteiger partial charge in [0, 0.05) is 6.20 Å². The van der Waals surface area contributed by atoms with E-state index in [4.69, 9.17) is 5.73 Å². The summed E-state index contributed by atoms with van der Waals surface area (Å²) in [6.07, 6.45) is 1.75. The molecule has 0 spiro atoms. The highest BCUT2D eigenvalue weighted by atomic mass is 15.0. The Hall–Kier alpha value is -2.43. The summed E-state index contributed by atoms with van der Waals surface area (Å²) in [6, 6.07) is 7.40. The van der Waals surface area contributed by atoms with Crippen molar-refractivity contribution < 1.29 is 0 Å². The summed E-state index contributed by atoms with van der Waals surface area (Å²) >= 11 is 0. The summed E-state index contributed by atoms with van der Waals surface area (Å²) in [4.78, 5) is 16.0.